The van der Waals surface area contributed by atoms with Crippen LogP contribution in [0, 0.1) is 0 Å². The molecule has 0 aliphatic carbocycles. The molecule has 0 heterocycles. The average Bonchev–Trinajstić information content (AvgIpc) is 1.79. The number of unbranched alkanes of at least 4 members (excludes halogenated alkanes) is 1. The van der Waals surface area contributed by atoms with Crippen LogP contribution < -0.4 is 5.73 Å². The molecular weight excluding hydrogens is 132 g/mol. The number of carbonyl (C=O) groups is 1. The molecule has 4 nitrogen and oxygen atoms in total. The number of primary amides is 1. The van der Waals surface area contributed by atoms with Gasteiger partial charge in [-0.3, -0.25) is 10.0 Å². The third-order valence-electron chi connectivity index (χ3n) is 1.09. The van der Waals surface area contributed by atoms with E-state index in [1.807, 2.05) is 0 Å². The summed E-state index contributed by atoms with van der Waals surface area (Å²) in [5.74, 6) is -0.298. The molecule has 0 saturated carbocycles. The molecule has 0 spiro atoms. The molecule has 0 aliphatic rings. The Labute approximate surface area is 59.9 Å². The fraction of sp³-hybridized carbons (Fsp3) is 0.667. The number of hydroxylamine groups is 1. The van der Waals surface area contributed by atoms with Gasteiger partial charge >= 0.3 is 0 Å². The van der Waals surface area contributed by atoms with Crippen LogP contribution in [0.25, 0.3) is 0 Å². The Morgan fingerprint density at radius 1 is 1.60 bits per heavy atom. The molecular formula is C6H13N2O2+. The molecule has 0 aliphatic heterocycles. The summed E-state index contributed by atoms with van der Waals surface area (Å²) < 4.78 is 0.848. The van der Waals surface area contributed by atoms with Gasteiger partial charge in [0.1, 0.15) is 0 Å². The highest BCUT2D eigenvalue weighted by Crippen LogP contribution is 1.92. The van der Waals surface area contributed by atoms with Crippen LogP contribution in [0.3, 0.4) is 0 Å². The second-order valence-electron chi connectivity index (χ2n) is 2.15. The molecule has 0 fully saturated rings. The molecule has 0 aromatic heterocycles. The Balaban J connectivity index is 3.06. The summed E-state index contributed by atoms with van der Waals surface area (Å²) >= 11 is 0. The van der Waals surface area contributed by atoms with Crippen molar-refractivity contribution in [1.29, 1.82) is 0 Å². The first kappa shape index (κ1) is 8.94. The van der Waals surface area contributed by atoms with Crippen molar-refractivity contribution in [2.45, 2.75) is 19.3 Å². The van der Waals surface area contributed by atoms with E-state index in [9.17, 15) is 4.79 Å². The second kappa shape index (κ2) is 4.78. The number of nitrogens with zero attached hydrogens (tertiary/aromatic N) is 1. The highest BCUT2D eigenvalue weighted by molar-refractivity contribution is 5.73. The predicted molar refractivity (Wildman–Crippen MR) is 37.1 cm³/mol. The highest BCUT2D eigenvalue weighted by Gasteiger charge is 1.98. The second-order valence-corrected chi connectivity index (χ2v) is 2.15. The summed E-state index contributed by atoms with van der Waals surface area (Å²) in [5.41, 5.74) is 4.88. The molecule has 4 heteroatoms. The van der Waals surface area contributed by atoms with Crippen LogP contribution in [0.1, 0.15) is 19.3 Å². The van der Waals surface area contributed by atoms with E-state index in [1.54, 1.807) is 0 Å². The van der Waals surface area contributed by atoms with Gasteiger partial charge in [0, 0.05) is 12.8 Å². The first-order valence-electron chi connectivity index (χ1n) is 3.18. The topological polar surface area (TPSA) is 66.3 Å². The molecule has 0 saturated heterocycles. The molecule has 0 atom stereocenters. The summed E-state index contributed by atoms with van der Waals surface area (Å²) in [6.07, 6.45) is 1.83. The molecule has 3 N–H and O–H groups in total. The standard InChI is InChI=1S/C6H12N2O2/c1-8(10)5-3-2-4-6(7)9/h1-5H2,(H2-,7,9,10)/p+1. The van der Waals surface area contributed by atoms with Gasteiger partial charge in [-0.1, -0.05) is 0 Å². The third-order valence-corrected chi connectivity index (χ3v) is 1.09. The Hall–Kier alpha value is -1.06. The van der Waals surface area contributed by atoms with E-state index in [-0.39, 0.29) is 5.91 Å². The van der Waals surface area contributed by atoms with Crippen LogP contribution in [0.4, 0.5) is 0 Å². The fourth-order valence-electron chi connectivity index (χ4n) is 0.594. The Morgan fingerprint density at radius 2 is 2.20 bits per heavy atom. The predicted octanol–water partition coefficient (Wildman–Crippen LogP) is -0.256. The molecule has 0 rings (SSSR count). The lowest BCUT2D eigenvalue weighted by atomic mass is 10.2. The van der Waals surface area contributed by atoms with E-state index in [2.05, 4.69) is 6.72 Å². The molecule has 0 aromatic rings. The van der Waals surface area contributed by atoms with Gasteiger partial charge in [-0.05, 0) is 11.2 Å². The summed E-state index contributed by atoms with van der Waals surface area (Å²) in [6, 6.07) is 0. The van der Waals surface area contributed by atoms with Crippen LogP contribution in [0.15, 0.2) is 0 Å². The first-order chi connectivity index (χ1) is 4.63. The van der Waals surface area contributed by atoms with Gasteiger partial charge in [0.25, 0.3) is 0 Å². The normalized spacial score (nSPS) is 9.20. The molecule has 58 valence electrons. The Kier molecular flexibility index (Phi) is 4.28. The van der Waals surface area contributed by atoms with Gasteiger partial charge < -0.3 is 5.73 Å². The van der Waals surface area contributed by atoms with E-state index < -0.39 is 0 Å². The SMILES string of the molecule is C=[N+](O)CCCCC(N)=O. The van der Waals surface area contributed by atoms with Gasteiger partial charge in [-0.25, -0.2) is 0 Å². The highest BCUT2D eigenvalue weighted by atomic mass is 16.5. The van der Waals surface area contributed by atoms with Crippen molar-refractivity contribution in [2.24, 2.45) is 5.73 Å². The maximum absolute atomic E-state index is 10.2. The van der Waals surface area contributed by atoms with E-state index in [4.69, 9.17) is 10.9 Å². The number of hydrogen-bond acceptors (Lipinski definition) is 2. The van der Waals surface area contributed by atoms with Crippen molar-refractivity contribution in [1.82, 2.24) is 0 Å². The van der Waals surface area contributed by atoms with Crippen molar-refractivity contribution in [3.8, 4) is 0 Å². The minimum atomic E-state index is -0.298. The smallest absolute Gasteiger partial charge is 0.217 e. The average molecular weight is 145 g/mol. The Bertz CT molecular complexity index is 118. The number of rotatable bonds is 5. The lowest BCUT2D eigenvalue weighted by Gasteiger charge is -1.91. The van der Waals surface area contributed by atoms with Crippen LogP contribution in [0.5, 0.6) is 0 Å². The minimum Gasteiger partial charge on any atom is -0.370 e. The van der Waals surface area contributed by atoms with Crippen molar-refractivity contribution in [3.05, 3.63) is 0 Å². The summed E-state index contributed by atoms with van der Waals surface area (Å²) in [4.78, 5) is 10.2. The van der Waals surface area contributed by atoms with Gasteiger partial charge in [-0.15, -0.1) is 0 Å². The van der Waals surface area contributed by atoms with Gasteiger partial charge in [0.15, 0.2) is 13.3 Å². The van der Waals surface area contributed by atoms with Gasteiger partial charge in [0.2, 0.25) is 5.91 Å². The van der Waals surface area contributed by atoms with Crippen molar-refractivity contribution >= 4 is 12.6 Å². The van der Waals surface area contributed by atoms with Crippen LogP contribution in [-0.4, -0.2) is 29.1 Å². The van der Waals surface area contributed by atoms with E-state index in [0.717, 1.165) is 11.2 Å². The van der Waals surface area contributed by atoms with Crippen LogP contribution in [-0.2, 0) is 4.79 Å². The van der Waals surface area contributed by atoms with Gasteiger partial charge in [-0.2, -0.15) is 0 Å². The molecule has 0 aromatic carbocycles. The number of nitrogens with two attached hydrogens (primary N) is 1. The summed E-state index contributed by atoms with van der Waals surface area (Å²) in [5, 5.41) is 8.52. The third kappa shape index (κ3) is 6.94. The molecule has 0 unspecified atom stereocenters. The number of carbonyl (C=O) groups excluding carboxylic acids is 1. The summed E-state index contributed by atoms with van der Waals surface area (Å²) in [7, 11) is 0. The van der Waals surface area contributed by atoms with E-state index in [1.165, 1.54) is 0 Å². The quantitative estimate of drug-likeness (QED) is 0.184. The van der Waals surface area contributed by atoms with Crippen molar-refractivity contribution in [2.75, 3.05) is 6.54 Å². The fourth-order valence-corrected chi connectivity index (χ4v) is 0.594. The Morgan fingerprint density at radius 3 is 2.60 bits per heavy atom. The zero-order chi connectivity index (χ0) is 7.98. The minimum absolute atomic E-state index is 0.298. The van der Waals surface area contributed by atoms with Crippen LogP contribution in [0.2, 0.25) is 0 Å². The lowest BCUT2D eigenvalue weighted by molar-refractivity contribution is -0.768. The largest absolute Gasteiger partial charge is 0.370 e. The number of hydrogen-bond donors (Lipinski definition) is 2. The van der Waals surface area contributed by atoms with Crippen LogP contribution >= 0.6 is 0 Å². The monoisotopic (exact) mass is 145 g/mol. The lowest BCUT2D eigenvalue weighted by Crippen LogP contribution is -2.11. The van der Waals surface area contributed by atoms with Crippen molar-refractivity contribution < 1.29 is 14.7 Å². The number of amides is 1. The van der Waals surface area contributed by atoms with E-state index >= 15 is 0 Å². The maximum Gasteiger partial charge on any atom is 0.217 e. The molecule has 10 heavy (non-hydrogen) atoms. The molecule has 0 bridgehead atoms. The molecule has 1 amide bonds. The summed E-state index contributed by atoms with van der Waals surface area (Å²) in [6.45, 7) is 3.71. The maximum atomic E-state index is 10.2. The van der Waals surface area contributed by atoms with Crippen molar-refractivity contribution in [3.63, 3.8) is 0 Å². The van der Waals surface area contributed by atoms with E-state index in [0.29, 0.717) is 19.4 Å². The zero-order valence-electron chi connectivity index (χ0n) is 5.92. The first-order valence-corrected chi connectivity index (χ1v) is 3.18. The molecule has 0 radical (unpaired) electrons. The van der Waals surface area contributed by atoms with Gasteiger partial charge in [0.05, 0.1) is 0 Å². The zero-order valence-corrected chi connectivity index (χ0v) is 5.92.